The van der Waals surface area contributed by atoms with E-state index in [4.69, 9.17) is 22.7 Å². The van der Waals surface area contributed by atoms with Crippen molar-refractivity contribution in [2.24, 2.45) is 11.7 Å². The molecule has 0 aromatic heterocycles. The van der Waals surface area contributed by atoms with Crippen LogP contribution in [0.25, 0.3) is 0 Å². The molecule has 110 valence electrons. The minimum Gasteiger partial charge on any atom is -0.393 e. The van der Waals surface area contributed by atoms with Gasteiger partial charge in [-0.1, -0.05) is 38.9 Å². The average molecular weight is 284 g/mol. The van der Waals surface area contributed by atoms with Gasteiger partial charge in [-0.2, -0.15) is 0 Å². The summed E-state index contributed by atoms with van der Waals surface area (Å²) in [4.78, 5) is 3.06. The highest BCUT2D eigenvalue weighted by Gasteiger charge is 2.42. The lowest BCUT2D eigenvalue weighted by Gasteiger charge is -2.29. The fourth-order valence-corrected chi connectivity index (χ4v) is 3.58. The molecule has 0 aromatic carbocycles. The van der Waals surface area contributed by atoms with Crippen LogP contribution in [0.1, 0.15) is 52.4 Å². The van der Waals surface area contributed by atoms with Crippen molar-refractivity contribution < 1.29 is 4.74 Å². The predicted molar refractivity (Wildman–Crippen MR) is 83.4 cm³/mol. The zero-order chi connectivity index (χ0) is 13.9. The van der Waals surface area contributed by atoms with E-state index in [-0.39, 0.29) is 11.5 Å². The van der Waals surface area contributed by atoms with Gasteiger partial charge in [0, 0.05) is 19.0 Å². The largest absolute Gasteiger partial charge is 0.393 e. The van der Waals surface area contributed by atoms with Crippen molar-refractivity contribution in [1.82, 2.24) is 4.90 Å². The fraction of sp³-hybridized carbons (Fsp3) is 0.933. The van der Waals surface area contributed by atoms with Crippen LogP contribution in [-0.4, -0.2) is 41.2 Å². The highest BCUT2D eigenvalue weighted by Crippen LogP contribution is 2.43. The maximum absolute atomic E-state index is 6.38. The Labute approximate surface area is 122 Å². The van der Waals surface area contributed by atoms with Crippen molar-refractivity contribution in [1.29, 1.82) is 0 Å². The summed E-state index contributed by atoms with van der Waals surface area (Å²) in [5.41, 5.74) is 5.96. The second kappa shape index (κ2) is 6.51. The quantitative estimate of drug-likeness (QED) is 0.761. The lowest BCUT2D eigenvalue weighted by atomic mass is 9.98. The molecule has 19 heavy (non-hydrogen) atoms. The van der Waals surface area contributed by atoms with E-state index in [1.807, 2.05) is 0 Å². The van der Waals surface area contributed by atoms with Gasteiger partial charge in [-0.05, 0) is 32.2 Å². The Balaban J connectivity index is 1.81. The van der Waals surface area contributed by atoms with Crippen LogP contribution in [0.15, 0.2) is 0 Å². The van der Waals surface area contributed by atoms with Gasteiger partial charge in [-0.15, -0.1) is 0 Å². The van der Waals surface area contributed by atoms with Crippen LogP contribution in [0.3, 0.4) is 0 Å². The molecule has 2 aliphatic rings. The van der Waals surface area contributed by atoms with Gasteiger partial charge in [0.05, 0.1) is 16.7 Å². The Morgan fingerprint density at radius 1 is 1.42 bits per heavy atom. The molecule has 2 rings (SSSR count). The average Bonchev–Trinajstić information content (AvgIpc) is 2.99. The van der Waals surface area contributed by atoms with Crippen LogP contribution in [0.4, 0.5) is 0 Å². The van der Waals surface area contributed by atoms with Gasteiger partial charge in [-0.25, -0.2) is 0 Å². The summed E-state index contributed by atoms with van der Waals surface area (Å²) in [5, 5.41) is 0. The Kier molecular flexibility index (Phi) is 5.21. The fourth-order valence-electron chi connectivity index (χ4n) is 3.51. The molecule has 2 N–H and O–H groups in total. The van der Waals surface area contributed by atoms with E-state index in [1.54, 1.807) is 0 Å². The van der Waals surface area contributed by atoms with Gasteiger partial charge >= 0.3 is 0 Å². The van der Waals surface area contributed by atoms with Crippen molar-refractivity contribution in [3.8, 4) is 0 Å². The monoisotopic (exact) mass is 284 g/mol. The second-order valence-corrected chi connectivity index (χ2v) is 6.80. The predicted octanol–water partition coefficient (Wildman–Crippen LogP) is 2.72. The molecular formula is C15H28N2OS. The standard InChI is InChI=1S/C15H28N2OS/c1-3-17(10-12(2)14(16)19)11-13-6-9-15(18-13)7-4-5-8-15/h12-13H,3-11H2,1-2H3,(H2,16,19). The Morgan fingerprint density at radius 2 is 2.11 bits per heavy atom. The topological polar surface area (TPSA) is 38.5 Å². The third-order valence-corrected chi connectivity index (χ3v) is 5.18. The van der Waals surface area contributed by atoms with E-state index < -0.39 is 0 Å². The SMILES string of the molecule is CCN(CC1CCC2(CCCC2)O1)CC(C)C(N)=S. The van der Waals surface area contributed by atoms with Gasteiger partial charge < -0.3 is 15.4 Å². The van der Waals surface area contributed by atoms with Crippen molar-refractivity contribution >= 4 is 17.2 Å². The second-order valence-electron chi connectivity index (χ2n) is 6.32. The highest BCUT2D eigenvalue weighted by atomic mass is 32.1. The first kappa shape index (κ1) is 15.2. The molecule has 1 saturated heterocycles. The number of likely N-dealkylation sites (N-methyl/N-ethyl adjacent to an activating group) is 1. The summed E-state index contributed by atoms with van der Waals surface area (Å²) in [6, 6.07) is 0. The molecule has 3 nitrogen and oxygen atoms in total. The molecule has 1 heterocycles. The lowest BCUT2D eigenvalue weighted by molar-refractivity contribution is -0.0472. The van der Waals surface area contributed by atoms with E-state index in [9.17, 15) is 0 Å². The molecule has 4 heteroatoms. The summed E-state index contributed by atoms with van der Waals surface area (Å²) in [6.45, 7) is 7.34. The van der Waals surface area contributed by atoms with Gasteiger partial charge in [0.2, 0.25) is 0 Å². The number of rotatable bonds is 6. The Morgan fingerprint density at radius 3 is 2.68 bits per heavy atom. The Bertz CT molecular complexity index is 315. The first-order valence-electron chi connectivity index (χ1n) is 7.74. The van der Waals surface area contributed by atoms with Crippen LogP contribution >= 0.6 is 12.2 Å². The highest BCUT2D eigenvalue weighted by molar-refractivity contribution is 7.80. The molecule has 1 saturated carbocycles. The molecule has 2 atom stereocenters. The molecule has 2 unspecified atom stereocenters. The zero-order valence-corrected chi connectivity index (χ0v) is 13.2. The summed E-state index contributed by atoms with van der Waals surface area (Å²) in [5.74, 6) is 0.289. The molecular weight excluding hydrogens is 256 g/mol. The third-order valence-electron chi connectivity index (χ3n) is 4.78. The summed E-state index contributed by atoms with van der Waals surface area (Å²) >= 11 is 5.07. The van der Waals surface area contributed by atoms with E-state index >= 15 is 0 Å². The first-order valence-corrected chi connectivity index (χ1v) is 8.15. The van der Waals surface area contributed by atoms with E-state index in [0.29, 0.717) is 11.1 Å². The summed E-state index contributed by atoms with van der Waals surface area (Å²) in [7, 11) is 0. The lowest BCUT2D eigenvalue weighted by Crippen LogP contribution is -2.39. The van der Waals surface area contributed by atoms with Gasteiger partial charge in [0.1, 0.15) is 0 Å². The molecule has 1 aliphatic carbocycles. The molecule has 0 radical (unpaired) electrons. The van der Waals surface area contributed by atoms with Gasteiger partial charge in [-0.3, -0.25) is 0 Å². The minimum atomic E-state index is 0.249. The smallest absolute Gasteiger partial charge is 0.0768 e. The van der Waals surface area contributed by atoms with Crippen LogP contribution in [0.5, 0.6) is 0 Å². The van der Waals surface area contributed by atoms with E-state index in [0.717, 1.165) is 19.6 Å². The molecule has 2 fully saturated rings. The van der Waals surface area contributed by atoms with Crippen LogP contribution in [-0.2, 0) is 4.74 Å². The third kappa shape index (κ3) is 3.89. The van der Waals surface area contributed by atoms with Gasteiger partial charge in [0.25, 0.3) is 0 Å². The first-order chi connectivity index (χ1) is 9.04. The maximum atomic E-state index is 6.38. The molecule has 1 spiro atoms. The summed E-state index contributed by atoms with van der Waals surface area (Å²) in [6.07, 6.45) is 8.15. The Hall–Kier alpha value is -0.190. The number of hydrogen-bond donors (Lipinski definition) is 1. The van der Waals surface area contributed by atoms with E-state index in [1.165, 1.54) is 38.5 Å². The minimum absolute atomic E-state index is 0.249. The van der Waals surface area contributed by atoms with Crippen LogP contribution in [0, 0.1) is 5.92 Å². The van der Waals surface area contributed by atoms with Crippen LogP contribution in [0.2, 0.25) is 0 Å². The summed E-state index contributed by atoms with van der Waals surface area (Å²) < 4.78 is 6.38. The molecule has 0 bridgehead atoms. The van der Waals surface area contributed by atoms with E-state index in [2.05, 4.69) is 18.7 Å². The van der Waals surface area contributed by atoms with Crippen molar-refractivity contribution in [3.63, 3.8) is 0 Å². The molecule has 0 aromatic rings. The van der Waals surface area contributed by atoms with Crippen molar-refractivity contribution in [2.45, 2.75) is 64.1 Å². The van der Waals surface area contributed by atoms with Crippen molar-refractivity contribution in [3.05, 3.63) is 0 Å². The molecule has 0 amide bonds. The van der Waals surface area contributed by atoms with Crippen molar-refractivity contribution in [2.75, 3.05) is 19.6 Å². The zero-order valence-electron chi connectivity index (χ0n) is 12.4. The maximum Gasteiger partial charge on any atom is 0.0768 e. The van der Waals surface area contributed by atoms with Crippen LogP contribution < -0.4 is 5.73 Å². The molecule has 1 aliphatic heterocycles. The number of ether oxygens (including phenoxy) is 1. The normalized spacial score (nSPS) is 27.2. The number of nitrogens with zero attached hydrogens (tertiary/aromatic N) is 1. The number of hydrogen-bond acceptors (Lipinski definition) is 3. The number of thiocarbonyl (C=S) groups is 1. The van der Waals surface area contributed by atoms with Gasteiger partial charge in [0.15, 0.2) is 0 Å². The number of nitrogens with two attached hydrogens (primary N) is 1.